The van der Waals surface area contributed by atoms with Crippen molar-refractivity contribution in [2.75, 3.05) is 14.1 Å². The topological polar surface area (TPSA) is 54.2 Å². The van der Waals surface area contributed by atoms with Crippen LogP contribution in [0.5, 0.6) is 0 Å². The fourth-order valence-corrected chi connectivity index (χ4v) is 1.51. The highest BCUT2D eigenvalue weighted by Gasteiger charge is 2.04. The van der Waals surface area contributed by atoms with Crippen LogP contribution in [0, 0.1) is 5.92 Å². The summed E-state index contributed by atoms with van der Waals surface area (Å²) in [6.45, 7) is 6.08. The molecule has 0 bridgehead atoms. The molecule has 98 valence electrons. The van der Waals surface area contributed by atoms with E-state index in [1.807, 2.05) is 19.4 Å². The number of guanidine groups is 1. The predicted molar refractivity (Wildman–Crippen MR) is 81.7 cm³/mol. The minimum absolute atomic E-state index is 0. The summed E-state index contributed by atoms with van der Waals surface area (Å²) in [6.07, 6.45) is 3.85. The second-order valence-electron chi connectivity index (χ2n) is 4.07. The van der Waals surface area contributed by atoms with Gasteiger partial charge in [0, 0.05) is 33.0 Å². The fraction of sp³-hybridized carbons (Fsp3) is 0.636. The molecule has 17 heavy (non-hydrogen) atoms. The normalized spacial score (nSPS) is 11.2. The summed E-state index contributed by atoms with van der Waals surface area (Å²) < 4.78 is 2.17. The number of imidazole rings is 1. The van der Waals surface area contributed by atoms with E-state index in [0.29, 0.717) is 12.5 Å². The molecule has 2 N–H and O–H groups in total. The van der Waals surface area contributed by atoms with E-state index < -0.39 is 0 Å². The van der Waals surface area contributed by atoms with Gasteiger partial charge in [0.05, 0.1) is 6.54 Å². The van der Waals surface area contributed by atoms with Crippen molar-refractivity contribution in [3.63, 3.8) is 0 Å². The van der Waals surface area contributed by atoms with Gasteiger partial charge in [0.2, 0.25) is 0 Å². The largest absolute Gasteiger partial charge is 0.359 e. The molecule has 1 aromatic rings. The van der Waals surface area contributed by atoms with Crippen molar-refractivity contribution < 1.29 is 0 Å². The molecule has 0 unspecified atom stereocenters. The summed E-state index contributed by atoms with van der Waals surface area (Å²) in [4.78, 5) is 8.38. The number of nitrogens with one attached hydrogen (secondary N) is 2. The maximum absolute atomic E-state index is 4.33. The molecule has 5 nitrogen and oxygen atoms in total. The molecule has 0 aliphatic carbocycles. The third kappa shape index (κ3) is 5.38. The van der Waals surface area contributed by atoms with Crippen LogP contribution in [-0.2, 0) is 13.1 Å². The van der Waals surface area contributed by atoms with Gasteiger partial charge < -0.3 is 15.2 Å². The van der Waals surface area contributed by atoms with Gasteiger partial charge in [-0.15, -0.1) is 24.0 Å². The van der Waals surface area contributed by atoms with E-state index in [9.17, 15) is 0 Å². The summed E-state index contributed by atoms with van der Waals surface area (Å²) >= 11 is 0. The van der Waals surface area contributed by atoms with Crippen LogP contribution in [0.1, 0.15) is 19.7 Å². The van der Waals surface area contributed by atoms with Crippen molar-refractivity contribution >= 4 is 29.9 Å². The summed E-state index contributed by atoms with van der Waals surface area (Å²) in [5.41, 5.74) is 0. The van der Waals surface area contributed by atoms with Crippen LogP contribution in [0.3, 0.4) is 0 Å². The van der Waals surface area contributed by atoms with Crippen molar-refractivity contribution in [1.29, 1.82) is 0 Å². The van der Waals surface area contributed by atoms with E-state index in [1.165, 1.54) is 0 Å². The Balaban J connectivity index is 0.00000256. The van der Waals surface area contributed by atoms with Gasteiger partial charge in [0.25, 0.3) is 0 Å². The highest BCUT2D eigenvalue weighted by molar-refractivity contribution is 14.0. The minimum Gasteiger partial charge on any atom is -0.359 e. The quantitative estimate of drug-likeness (QED) is 0.491. The van der Waals surface area contributed by atoms with Gasteiger partial charge in [0.15, 0.2) is 5.96 Å². The fourth-order valence-electron chi connectivity index (χ4n) is 1.51. The second kappa shape index (κ2) is 8.32. The highest BCUT2D eigenvalue weighted by Crippen LogP contribution is 2.03. The van der Waals surface area contributed by atoms with Gasteiger partial charge in [-0.3, -0.25) is 4.99 Å². The standard InChI is InChI=1S/C11H21N5.HI/c1-9(2)8-16-6-5-14-10(16)7-15-11(12-3)13-4;/h5-6,9H,7-8H2,1-4H3,(H2,12,13,15);1H. The second-order valence-corrected chi connectivity index (χ2v) is 4.07. The lowest BCUT2D eigenvalue weighted by Crippen LogP contribution is -2.34. The molecular weight excluding hydrogens is 329 g/mol. The van der Waals surface area contributed by atoms with E-state index in [4.69, 9.17) is 0 Å². The Labute approximate surface area is 120 Å². The number of rotatable bonds is 4. The molecule has 0 radical (unpaired) electrons. The maximum Gasteiger partial charge on any atom is 0.191 e. The van der Waals surface area contributed by atoms with Crippen molar-refractivity contribution in [2.45, 2.75) is 26.9 Å². The van der Waals surface area contributed by atoms with Crippen molar-refractivity contribution in [3.05, 3.63) is 18.2 Å². The molecule has 1 aromatic heterocycles. The van der Waals surface area contributed by atoms with Crippen molar-refractivity contribution in [3.8, 4) is 0 Å². The molecule has 0 amide bonds. The monoisotopic (exact) mass is 351 g/mol. The van der Waals surface area contributed by atoms with Crippen LogP contribution in [0.4, 0.5) is 0 Å². The average molecular weight is 351 g/mol. The van der Waals surface area contributed by atoms with Gasteiger partial charge in [0.1, 0.15) is 5.82 Å². The number of aliphatic imine (C=N–C) groups is 1. The molecular formula is C11H22IN5. The van der Waals surface area contributed by atoms with Gasteiger partial charge in [-0.05, 0) is 5.92 Å². The first-order valence-electron chi connectivity index (χ1n) is 5.55. The van der Waals surface area contributed by atoms with Crippen LogP contribution >= 0.6 is 24.0 Å². The van der Waals surface area contributed by atoms with Crippen LogP contribution in [0.2, 0.25) is 0 Å². The predicted octanol–water partition coefficient (Wildman–Crippen LogP) is 1.45. The zero-order chi connectivity index (χ0) is 12.0. The third-order valence-electron chi connectivity index (χ3n) is 2.24. The van der Waals surface area contributed by atoms with E-state index in [1.54, 1.807) is 7.05 Å². The van der Waals surface area contributed by atoms with E-state index in [0.717, 1.165) is 18.3 Å². The number of hydrogen-bond acceptors (Lipinski definition) is 2. The average Bonchev–Trinajstić information content (AvgIpc) is 2.66. The van der Waals surface area contributed by atoms with E-state index in [-0.39, 0.29) is 24.0 Å². The Morgan fingerprint density at radius 2 is 2.24 bits per heavy atom. The van der Waals surface area contributed by atoms with Gasteiger partial charge in [-0.25, -0.2) is 4.98 Å². The highest BCUT2D eigenvalue weighted by atomic mass is 127. The third-order valence-corrected chi connectivity index (χ3v) is 2.24. The number of nitrogens with zero attached hydrogens (tertiary/aromatic N) is 3. The molecule has 0 saturated carbocycles. The number of halogens is 1. The van der Waals surface area contributed by atoms with Crippen LogP contribution in [0.15, 0.2) is 17.4 Å². The van der Waals surface area contributed by atoms with Crippen LogP contribution in [-0.4, -0.2) is 29.6 Å². The molecule has 0 aliphatic rings. The number of aromatic nitrogens is 2. The molecule has 0 aromatic carbocycles. The zero-order valence-electron chi connectivity index (χ0n) is 10.9. The summed E-state index contributed by atoms with van der Waals surface area (Å²) in [5.74, 6) is 2.43. The summed E-state index contributed by atoms with van der Waals surface area (Å²) in [7, 11) is 3.59. The lowest BCUT2D eigenvalue weighted by atomic mass is 10.2. The summed E-state index contributed by atoms with van der Waals surface area (Å²) in [6, 6.07) is 0. The van der Waals surface area contributed by atoms with Crippen molar-refractivity contribution in [1.82, 2.24) is 20.2 Å². The molecule has 0 fully saturated rings. The molecule has 0 spiro atoms. The molecule has 1 rings (SSSR count). The SMILES string of the molecule is CN=C(NC)NCc1nccn1CC(C)C.I. The Morgan fingerprint density at radius 3 is 2.76 bits per heavy atom. The Morgan fingerprint density at radius 1 is 1.53 bits per heavy atom. The zero-order valence-corrected chi connectivity index (χ0v) is 13.2. The van der Waals surface area contributed by atoms with Gasteiger partial charge in [-0.2, -0.15) is 0 Å². The lowest BCUT2D eigenvalue weighted by molar-refractivity contribution is 0.504. The van der Waals surface area contributed by atoms with Crippen LogP contribution < -0.4 is 10.6 Å². The molecule has 0 aliphatic heterocycles. The Hall–Kier alpha value is -0.790. The minimum atomic E-state index is 0. The van der Waals surface area contributed by atoms with Gasteiger partial charge >= 0.3 is 0 Å². The summed E-state index contributed by atoms with van der Waals surface area (Å²) in [5, 5.41) is 6.17. The molecule has 0 saturated heterocycles. The van der Waals surface area contributed by atoms with E-state index in [2.05, 4.69) is 39.0 Å². The van der Waals surface area contributed by atoms with Gasteiger partial charge in [-0.1, -0.05) is 13.8 Å². The van der Waals surface area contributed by atoms with E-state index >= 15 is 0 Å². The molecule has 0 atom stereocenters. The molecule has 1 heterocycles. The Kier molecular flexibility index (Phi) is 7.94. The van der Waals surface area contributed by atoms with Crippen molar-refractivity contribution in [2.24, 2.45) is 10.9 Å². The molecule has 6 heteroatoms. The first-order chi connectivity index (χ1) is 7.67. The first kappa shape index (κ1) is 16.2. The number of hydrogen-bond donors (Lipinski definition) is 2. The smallest absolute Gasteiger partial charge is 0.191 e. The van der Waals surface area contributed by atoms with Crippen LogP contribution in [0.25, 0.3) is 0 Å². The Bertz CT molecular complexity index is 345. The maximum atomic E-state index is 4.33. The lowest BCUT2D eigenvalue weighted by Gasteiger charge is -2.12. The first-order valence-corrected chi connectivity index (χ1v) is 5.55.